The number of nitrogens with zero attached hydrogens (tertiary/aromatic N) is 4. The van der Waals surface area contributed by atoms with E-state index in [1.54, 1.807) is 11.3 Å². The Morgan fingerprint density at radius 1 is 1.04 bits per heavy atom. The lowest BCUT2D eigenvalue weighted by Crippen LogP contribution is -2.51. The van der Waals surface area contributed by atoms with E-state index in [0.717, 1.165) is 22.8 Å². The summed E-state index contributed by atoms with van der Waals surface area (Å²) in [6.07, 6.45) is 0.847. The first-order valence-electron chi connectivity index (χ1n) is 9.23. The molecule has 1 aliphatic rings. The quantitative estimate of drug-likeness (QED) is 0.762. The van der Waals surface area contributed by atoms with Gasteiger partial charge in [0.05, 0.1) is 12.1 Å². The van der Waals surface area contributed by atoms with Crippen molar-refractivity contribution in [1.29, 1.82) is 0 Å². The van der Waals surface area contributed by atoms with Crippen LogP contribution in [0.5, 0.6) is 0 Å². The van der Waals surface area contributed by atoms with Gasteiger partial charge in [0.1, 0.15) is 5.01 Å². The number of carbonyl (C=O) groups is 2. The molecule has 0 radical (unpaired) electrons. The molecule has 0 unspecified atom stereocenters. The second kappa shape index (κ2) is 9.10. The number of carbonyl (C=O) groups excluding carboxylic acids is 2. The van der Waals surface area contributed by atoms with Crippen molar-refractivity contribution in [1.82, 2.24) is 19.7 Å². The molecule has 1 aliphatic heterocycles. The number of rotatable bonds is 6. The Hall–Kier alpha value is -2.25. The van der Waals surface area contributed by atoms with Crippen LogP contribution in [0.1, 0.15) is 12.1 Å². The molecule has 144 valence electrons. The molecule has 1 fully saturated rings. The van der Waals surface area contributed by atoms with Crippen molar-refractivity contribution >= 4 is 23.2 Å². The SMILES string of the molecule is CN(C)CCC(=O)N1CCN(C(=O)Cc2csc(-c3ccccc3)n2)CC1. The first kappa shape index (κ1) is 19.5. The zero-order chi connectivity index (χ0) is 19.2. The zero-order valence-corrected chi connectivity index (χ0v) is 16.7. The highest BCUT2D eigenvalue weighted by Gasteiger charge is 2.24. The summed E-state index contributed by atoms with van der Waals surface area (Å²) in [7, 11) is 3.93. The second-order valence-electron chi connectivity index (χ2n) is 7.00. The standard InChI is InChI=1S/C20H26N4O2S/c1-22(2)9-8-18(25)23-10-12-24(13-11-23)19(26)14-17-15-27-20(21-17)16-6-4-3-5-7-16/h3-7,15H,8-14H2,1-2H3. The van der Waals surface area contributed by atoms with E-state index in [4.69, 9.17) is 0 Å². The Labute approximate surface area is 164 Å². The molecule has 1 aromatic heterocycles. The van der Waals surface area contributed by atoms with Crippen LogP contribution >= 0.6 is 11.3 Å². The number of amides is 2. The van der Waals surface area contributed by atoms with Crippen molar-refractivity contribution in [2.75, 3.05) is 46.8 Å². The molecule has 6 nitrogen and oxygen atoms in total. The van der Waals surface area contributed by atoms with Gasteiger partial charge < -0.3 is 14.7 Å². The Morgan fingerprint density at radius 3 is 2.30 bits per heavy atom. The monoisotopic (exact) mass is 386 g/mol. The van der Waals surface area contributed by atoms with E-state index in [2.05, 4.69) is 4.98 Å². The summed E-state index contributed by atoms with van der Waals surface area (Å²) >= 11 is 1.56. The van der Waals surface area contributed by atoms with Crippen LogP contribution in [0.2, 0.25) is 0 Å². The van der Waals surface area contributed by atoms with Crippen LogP contribution in [0, 0.1) is 0 Å². The number of aromatic nitrogens is 1. The van der Waals surface area contributed by atoms with Crippen molar-refractivity contribution in [2.24, 2.45) is 0 Å². The van der Waals surface area contributed by atoms with Crippen LogP contribution in [-0.2, 0) is 16.0 Å². The first-order chi connectivity index (χ1) is 13.0. The molecule has 1 aromatic carbocycles. The van der Waals surface area contributed by atoms with Gasteiger partial charge in [0.2, 0.25) is 11.8 Å². The lowest BCUT2D eigenvalue weighted by Gasteiger charge is -2.35. The van der Waals surface area contributed by atoms with Crippen LogP contribution in [0.25, 0.3) is 10.6 Å². The average Bonchev–Trinajstić information content (AvgIpc) is 3.15. The molecule has 2 aromatic rings. The molecule has 1 saturated heterocycles. The molecule has 7 heteroatoms. The maximum atomic E-state index is 12.6. The van der Waals surface area contributed by atoms with E-state index in [-0.39, 0.29) is 11.8 Å². The molecule has 0 bridgehead atoms. The van der Waals surface area contributed by atoms with Gasteiger partial charge in [-0.15, -0.1) is 11.3 Å². The Balaban J connectivity index is 1.49. The second-order valence-corrected chi connectivity index (χ2v) is 7.86. The molecule has 0 spiro atoms. The molecule has 0 N–H and O–H groups in total. The van der Waals surface area contributed by atoms with E-state index >= 15 is 0 Å². The molecule has 0 saturated carbocycles. The fourth-order valence-electron chi connectivity index (χ4n) is 3.05. The van der Waals surface area contributed by atoms with Crippen molar-refractivity contribution < 1.29 is 9.59 Å². The number of thiazole rings is 1. The summed E-state index contributed by atoms with van der Waals surface area (Å²) in [5, 5.41) is 2.90. The zero-order valence-electron chi connectivity index (χ0n) is 15.9. The van der Waals surface area contributed by atoms with Gasteiger partial charge in [0.15, 0.2) is 0 Å². The van der Waals surface area contributed by atoms with E-state index in [1.165, 1.54) is 0 Å². The third-order valence-electron chi connectivity index (χ3n) is 4.66. The number of hydrogen-bond acceptors (Lipinski definition) is 5. The molecule has 0 atom stereocenters. The van der Waals surface area contributed by atoms with Gasteiger partial charge in [-0.2, -0.15) is 0 Å². The molecule has 3 rings (SSSR count). The minimum Gasteiger partial charge on any atom is -0.339 e. The lowest BCUT2D eigenvalue weighted by atomic mass is 10.2. The van der Waals surface area contributed by atoms with E-state index in [9.17, 15) is 9.59 Å². The van der Waals surface area contributed by atoms with Gasteiger partial charge >= 0.3 is 0 Å². The molecule has 27 heavy (non-hydrogen) atoms. The molecule has 2 heterocycles. The Bertz CT molecular complexity index is 767. The summed E-state index contributed by atoms with van der Waals surface area (Å²) in [5.41, 5.74) is 1.89. The van der Waals surface area contributed by atoms with Gasteiger partial charge in [-0.3, -0.25) is 9.59 Å². The minimum absolute atomic E-state index is 0.0836. The summed E-state index contributed by atoms with van der Waals surface area (Å²) in [6, 6.07) is 10.0. The van der Waals surface area contributed by atoms with Gasteiger partial charge in [0, 0.05) is 50.1 Å². The summed E-state index contributed by atoms with van der Waals surface area (Å²) in [4.78, 5) is 35.1. The third kappa shape index (κ3) is 5.37. The van der Waals surface area contributed by atoms with Crippen molar-refractivity contribution in [3.8, 4) is 10.6 Å². The predicted molar refractivity (Wildman–Crippen MR) is 108 cm³/mol. The molecule has 0 aliphatic carbocycles. The third-order valence-corrected chi connectivity index (χ3v) is 5.60. The van der Waals surface area contributed by atoms with Crippen LogP contribution in [0.15, 0.2) is 35.7 Å². The fraction of sp³-hybridized carbons (Fsp3) is 0.450. The number of benzene rings is 1. The molecular weight excluding hydrogens is 360 g/mol. The van der Waals surface area contributed by atoms with Gasteiger partial charge in [0.25, 0.3) is 0 Å². The van der Waals surface area contributed by atoms with Crippen LogP contribution < -0.4 is 0 Å². The fourth-order valence-corrected chi connectivity index (χ4v) is 3.88. The van der Waals surface area contributed by atoms with Crippen LogP contribution in [0.4, 0.5) is 0 Å². The topological polar surface area (TPSA) is 56.8 Å². The van der Waals surface area contributed by atoms with Crippen LogP contribution in [-0.4, -0.2) is 78.3 Å². The largest absolute Gasteiger partial charge is 0.339 e. The average molecular weight is 387 g/mol. The Kier molecular flexibility index (Phi) is 6.58. The predicted octanol–water partition coefficient (Wildman–Crippen LogP) is 1.98. The minimum atomic E-state index is 0.0836. The lowest BCUT2D eigenvalue weighted by molar-refractivity contribution is -0.139. The summed E-state index contributed by atoms with van der Waals surface area (Å²) in [6.45, 7) is 3.19. The van der Waals surface area contributed by atoms with Gasteiger partial charge in [-0.05, 0) is 14.1 Å². The van der Waals surface area contributed by atoms with Crippen LogP contribution in [0.3, 0.4) is 0 Å². The van der Waals surface area contributed by atoms with Crippen molar-refractivity contribution in [2.45, 2.75) is 12.8 Å². The smallest absolute Gasteiger partial charge is 0.228 e. The van der Waals surface area contributed by atoms with E-state index in [0.29, 0.717) is 39.0 Å². The molecule has 2 amide bonds. The summed E-state index contributed by atoms with van der Waals surface area (Å²) in [5.74, 6) is 0.253. The maximum absolute atomic E-state index is 12.6. The van der Waals surface area contributed by atoms with Crippen molar-refractivity contribution in [3.63, 3.8) is 0 Å². The van der Waals surface area contributed by atoms with Gasteiger partial charge in [-0.25, -0.2) is 4.98 Å². The van der Waals surface area contributed by atoms with E-state index < -0.39 is 0 Å². The summed E-state index contributed by atoms with van der Waals surface area (Å²) < 4.78 is 0. The van der Waals surface area contributed by atoms with E-state index in [1.807, 2.05) is 64.5 Å². The highest BCUT2D eigenvalue weighted by atomic mass is 32.1. The first-order valence-corrected chi connectivity index (χ1v) is 10.1. The maximum Gasteiger partial charge on any atom is 0.228 e. The van der Waals surface area contributed by atoms with Gasteiger partial charge in [-0.1, -0.05) is 30.3 Å². The van der Waals surface area contributed by atoms with Crippen molar-refractivity contribution in [3.05, 3.63) is 41.4 Å². The number of piperazine rings is 1. The highest BCUT2D eigenvalue weighted by molar-refractivity contribution is 7.13. The number of hydrogen-bond donors (Lipinski definition) is 0. The molecular formula is C20H26N4O2S. The normalized spacial score (nSPS) is 14.6. The Morgan fingerprint density at radius 2 is 1.67 bits per heavy atom. The highest BCUT2D eigenvalue weighted by Crippen LogP contribution is 2.23.